The third-order valence-electron chi connectivity index (χ3n) is 1.74. The number of benzene rings is 1. The van der Waals surface area contributed by atoms with E-state index in [1.54, 1.807) is 0 Å². The van der Waals surface area contributed by atoms with Crippen molar-refractivity contribution >= 4 is 17.7 Å². The fourth-order valence-corrected chi connectivity index (χ4v) is 1.05. The van der Waals surface area contributed by atoms with Crippen LogP contribution in [-0.4, -0.2) is 12.0 Å². The molecule has 0 amide bonds. The number of para-hydroxylation sites is 1. The van der Waals surface area contributed by atoms with E-state index < -0.39 is 0 Å². The maximum absolute atomic E-state index is 10.5. The molecule has 14 heavy (non-hydrogen) atoms. The van der Waals surface area contributed by atoms with Gasteiger partial charge >= 0.3 is 0 Å². The number of carbonyl (C=O) groups excluding carboxylic acids is 1. The Kier molecular flexibility index (Phi) is 4.41. The number of hydrogen-bond acceptors (Lipinski definition) is 3. The van der Waals surface area contributed by atoms with E-state index in [1.165, 1.54) is 0 Å². The summed E-state index contributed by atoms with van der Waals surface area (Å²) in [6.07, 6.45) is 2.43. The normalized spacial score (nSPS) is 11.1. The van der Waals surface area contributed by atoms with Crippen LogP contribution in [0.25, 0.3) is 0 Å². The highest BCUT2D eigenvalue weighted by atomic mass is 16.1. The second kappa shape index (κ2) is 5.91. The number of aldehydes is 1. The summed E-state index contributed by atoms with van der Waals surface area (Å²) in [6.45, 7) is 2.02. The molecule has 0 aliphatic rings. The van der Waals surface area contributed by atoms with Crippen LogP contribution >= 0.6 is 0 Å². The van der Waals surface area contributed by atoms with Gasteiger partial charge in [0.25, 0.3) is 0 Å². The molecule has 0 radical (unpaired) electrons. The fourth-order valence-electron chi connectivity index (χ4n) is 1.05. The second-order valence-corrected chi connectivity index (χ2v) is 2.95. The quantitative estimate of drug-likeness (QED) is 0.440. The third-order valence-corrected chi connectivity index (χ3v) is 1.74. The van der Waals surface area contributed by atoms with Crippen LogP contribution in [0, 0.1) is 0 Å². The molecule has 0 aliphatic carbocycles. The van der Waals surface area contributed by atoms with Gasteiger partial charge in [-0.1, -0.05) is 31.5 Å². The van der Waals surface area contributed by atoms with E-state index in [2.05, 4.69) is 10.5 Å². The van der Waals surface area contributed by atoms with Gasteiger partial charge in [0, 0.05) is 0 Å². The molecule has 0 saturated carbocycles. The number of nitrogens with zero attached hydrogens (tertiary/aromatic N) is 1. The Hall–Kier alpha value is -1.64. The van der Waals surface area contributed by atoms with Crippen molar-refractivity contribution in [3.05, 3.63) is 30.3 Å². The summed E-state index contributed by atoms with van der Waals surface area (Å²) in [5, 5.41) is 4.00. The molecule has 0 atom stereocenters. The summed E-state index contributed by atoms with van der Waals surface area (Å²) in [5.74, 6) is 0. The summed E-state index contributed by atoms with van der Waals surface area (Å²) in [5.41, 5.74) is 4.28. The zero-order valence-corrected chi connectivity index (χ0v) is 8.23. The molecule has 0 bridgehead atoms. The Morgan fingerprint density at radius 2 is 2.14 bits per heavy atom. The predicted octanol–water partition coefficient (Wildman–Crippen LogP) is 2.45. The Morgan fingerprint density at radius 3 is 2.71 bits per heavy atom. The Balaban J connectivity index is 2.56. The molecule has 1 N–H and O–H groups in total. The van der Waals surface area contributed by atoms with Crippen LogP contribution in [0.4, 0.5) is 5.69 Å². The van der Waals surface area contributed by atoms with Gasteiger partial charge in [-0.2, -0.15) is 5.10 Å². The standard InChI is InChI=1S/C11H14N2O/c1-2-6-11(9-14)13-12-10-7-4-3-5-8-10/h3-5,7-9,12H,2,6H2,1H3/b13-11-. The minimum absolute atomic E-state index is 0.552. The Morgan fingerprint density at radius 1 is 1.43 bits per heavy atom. The number of hydrazone groups is 1. The molecular weight excluding hydrogens is 176 g/mol. The number of rotatable bonds is 5. The average Bonchev–Trinajstić information content (AvgIpc) is 2.25. The summed E-state index contributed by atoms with van der Waals surface area (Å²) < 4.78 is 0. The van der Waals surface area contributed by atoms with Crippen molar-refractivity contribution in [3.63, 3.8) is 0 Å². The highest BCUT2D eigenvalue weighted by Crippen LogP contribution is 2.04. The van der Waals surface area contributed by atoms with E-state index >= 15 is 0 Å². The van der Waals surface area contributed by atoms with Gasteiger partial charge in [-0.3, -0.25) is 10.2 Å². The highest BCUT2D eigenvalue weighted by molar-refractivity contribution is 6.28. The Bertz CT molecular complexity index is 306. The molecule has 3 nitrogen and oxygen atoms in total. The molecule has 1 aromatic rings. The third kappa shape index (κ3) is 3.39. The minimum atomic E-state index is 0.552. The molecule has 74 valence electrons. The van der Waals surface area contributed by atoms with Crippen molar-refractivity contribution < 1.29 is 4.79 Å². The summed E-state index contributed by atoms with van der Waals surface area (Å²) in [4.78, 5) is 10.5. The van der Waals surface area contributed by atoms with Crippen LogP contribution in [0.2, 0.25) is 0 Å². The van der Waals surface area contributed by atoms with Gasteiger partial charge in [-0.25, -0.2) is 0 Å². The number of nitrogens with one attached hydrogen (secondary N) is 1. The van der Waals surface area contributed by atoms with Crippen LogP contribution in [-0.2, 0) is 4.79 Å². The van der Waals surface area contributed by atoms with E-state index in [4.69, 9.17) is 0 Å². The average molecular weight is 190 g/mol. The smallest absolute Gasteiger partial charge is 0.166 e. The lowest BCUT2D eigenvalue weighted by molar-refractivity contribution is -0.102. The highest BCUT2D eigenvalue weighted by Gasteiger charge is 1.94. The van der Waals surface area contributed by atoms with Crippen molar-refractivity contribution in [2.75, 3.05) is 5.43 Å². The van der Waals surface area contributed by atoms with Gasteiger partial charge in [0.2, 0.25) is 0 Å². The van der Waals surface area contributed by atoms with Crippen LogP contribution in [0.1, 0.15) is 19.8 Å². The van der Waals surface area contributed by atoms with Gasteiger partial charge in [0.15, 0.2) is 6.29 Å². The van der Waals surface area contributed by atoms with E-state index in [1.807, 2.05) is 37.3 Å². The van der Waals surface area contributed by atoms with Crippen molar-refractivity contribution in [2.24, 2.45) is 5.10 Å². The fraction of sp³-hybridized carbons (Fsp3) is 0.273. The molecule has 0 saturated heterocycles. The first-order chi connectivity index (χ1) is 6.86. The molecule has 0 aromatic heterocycles. The zero-order chi connectivity index (χ0) is 10.2. The lowest BCUT2D eigenvalue weighted by Crippen LogP contribution is -2.02. The number of anilines is 1. The molecule has 0 heterocycles. The molecule has 0 spiro atoms. The van der Waals surface area contributed by atoms with Gasteiger partial charge in [0.05, 0.1) is 5.69 Å². The first-order valence-corrected chi connectivity index (χ1v) is 4.69. The first-order valence-electron chi connectivity index (χ1n) is 4.69. The topological polar surface area (TPSA) is 41.5 Å². The van der Waals surface area contributed by atoms with Crippen LogP contribution in [0.3, 0.4) is 0 Å². The number of carbonyl (C=O) groups is 1. The predicted molar refractivity (Wildman–Crippen MR) is 58.5 cm³/mol. The molecule has 1 aromatic carbocycles. The van der Waals surface area contributed by atoms with Gasteiger partial charge < -0.3 is 0 Å². The lowest BCUT2D eigenvalue weighted by Gasteiger charge is -2.00. The lowest BCUT2D eigenvalue weighted by atomic mass is 10.2. The molecule has 0 fully saturated rings. The van der Waals surface area contributed by atoms with Crippen molar-refractivity contribution in [1.29, 1.82) is 0 Å². The van der Waals surface area contributed by atoms with Gasteiger partial charge in [0.1, 0.15) is 5.71 Å². The SMILES string of the molecule is CCC/C(C=O)=N/Nc1ccccc1. The van der Waals surface area contributed by atoms with E-state index in [-0.39, 0.29) is 0 Å². The van der Waals surface area contributed by atoms with E-state index in [0.29, 0.717) is 12.1 Å². The van der Waals surface area contributed by atoms with Crippen LogP contribution in [0.5, 0.6) is 0 Å². The molecule has 3 heteroatoms. The summed E-state index contributed by atoms with van der Waals surface area (Å²) >= 11 is 0. The van der Waals surface area contributed by atoms with Gasteiger partial charge in [-0.15, -0.1) is 0 Å². The summed E-state index contributed by atoms with van der Waals surface area (Å²) in [6, 6.07) is 9.56. The number of hydrogen-bond donors (Lipinski definition) is 1. The van der Waals surface area contributed by atoms with E-state index in [9.17, 15) is 4.79 Å². The summed E-state index contributed by atoms with van der Waals surface area (Å²) in [7, 11) is 0. The molecule has 0 unspecified atom stereocenters. The van der Waals surface area contributed by atoms with Crippen LogP contribution in [0.15, 0.2) is 35.4 Å². The van der Waals surface area contributed by atoms with Crippen molar-refractivity contribution in [1.82, 2.24) is 0 Å². The Labute approximate surface area is 83.8 Å². The first kappa shape index (κ1) is 10.4. The maximum atomic E-state index is 10.5. The minimum Gasteiger partial charge on any atom is -0.296 e. The second-order valence-electron chi connectivity index (χ2n) is 2.95. The van der Waals surface area contributed by atoms with Gasteiger partial charge in [-0.05, 0) is 18.6 Å². The molecule has 0 aliphatic heterocycles. The van der Waals surface area contributed by atoms with E-state index in [0.717, 1.165) is 18.4 Å². The van der Waals surface area contributed by atoms with Crippen LogP contribution < -0.4 is 5.43 Å². The van der Waals surface area contributed by atoms with Crippen molar-refractivity contribution in [3.8, 4) is 0 Å². The zero-order valence-electron chi connectivity index (χ0n) is 8.23. The largest absolute Gasteiger partial charge is 0.296 e. The monoisotopic (exact) mass is 190 g/mol. The maximum Gasteiger partial charge on any atom is 0.166 e. The molecular formula is C11H14N2O. The molecule has 1 rings (SSSR count). The van der Waals surface area contributed by atoms with Crippen molar-refractivity contribution in [2.45, 2.75) is 19.8 Å².